The zero-order chi connectivity index (χ0) is 14.7. The highest BCUT2D eigenvalue weighted by Crippen LogP contribution is 2.26. The predicted molar refractivity (Wildman–Crippen MR) is 81.5 cm³/mol. The first-order chi connectivity index (χ1) is 9.51. The van der Waals surface area contributed by atoms with Gasteiger partial charge in [-0.25, -0.2) is 9.37 Å². The summed E-state index contributed by atoms with van der Waals surface area (Å²) in [6.45, 7) is 2.90. The quantitative estimate of drug-likeness (QED) is 0.920. The number of hydrogen-bond donors (Lipinski definition) is 1. The molecule has 2 aromatic rings. The van der Waals surface area contributed by atoms with Crippen molar-refractivity contribution in [3.8, 4) is 0 Å². The minimum absolute atomic E-state index is 0.226. The third-order valence-electron chi connectivity index (χ3n) is 3.15. The predicted octanol–water partition coefficient (Wildman–Crippen LogP) is 3.38. The second-order valence-electron chi connectivity index (χ2n) is 4.69. The number of thiazole rings is 1. The molecule has 0 spiro atoms. The van der Waals surface area contributed by atoms with Crippen molar-refractivity contribution in [2.24, 2.45) is 5.73 Å². The van der Waals surface area contributed by atoms with Crippen LogP contribution in [0.5, 0.6) is 0 Å². The first-order valence-corrected chi connectivity index (χ1v) is 7.53. The number of aryl methyl sites for hydroxylation is 1. The van der Waals surface area contributed by atoms with Gasteiger partial charge in [-0.15, -0.1) is 11.3 Å². The first-order valence-electron chi connectivity index (χ1n) is 6.27. The zero-order valence-electron chi connectivity index (χ0n) is 11.4. The average molecular weight is 314 g/mol. The van der Waals surface area contributed by atoms with Crippen molar-refractivity contribution in [1.29, 1.82) is 0 Å². The molecule has 2 rings (SSSR count). The maximum absolute atomic E-state index is 14.0. The Balaban J connectivity index is 2.20. The van der Waals surface area contributed by atoms with Crippen LogP contribution in [0.4, 0.5) is 4.39 Å². The number of benzene rings is 1. The van der Waals surface area contributed by atoms with E-state index in [4.69, 9.17) is 17.3 Å². The van der Waals surface area contributed by atoms with Crippen LogP contribution in [0, 0.1) is 12.7 Å². The summed E-state index contributed by atoms with van der Waals surface area (Å²) >= 11 is 7.55. The topological polar surface area (TPSA) is 42.2 Å². The van der Waals surface area contributed by atoms with Crippen LogP contribution in [0.25, 0.3) is 0 Å². The largest absolute Gasteiger partial charge is 0.329 e. The summed E-state index contributed by atoms with van der Waals surface area (Å²) in [5.41, 5.74) is 7.31. The number of nitrogens with two attached hydrogens (primary N) is 1. The van der Waals surface area contributed by atoms with E-state index >= 15 is 0 Å². The Morgan fingerprint density at radius 3 is 2.85 bits per heavy atom. The Morgan fingerprint density at radius 1 is 1.50 bits per heavy atom. The Bertz CT molecular complexity index is 588. The van der Waals surface area contributed by atoms with Gasteiger partial charge in [-0.1, -0.05) is 11.6 Å². The maximum Gasteiger partial charge on any atom is 0.128 e. The highest BCUT2D eigenvalue weighted by molar-refractivity contribution is 7.09. The van der Waals surface area contributed by atoms with Gasteiger partial charge >= 0.3 is 0 Å². The standard InChI is InChI=1S/C14H17ClFN3S/c1-9-18-11(8-20-9)7-19(2)14(6-17)12-5-10(15)3-4-13(12)16/h3-5,8,14H,6-7,17H2,1-2H3. The van der Waals surface area contributed by atoms with Crippen LogP contribution in [0.2, 0.25) is 5.02 Å². The van der Waals surface area contributed by atoms with Crippen molar-refractivity contribution in [3.63, 3.8) is 0 Å². The van der Waals surface area contributed by atoms with Gasteiger partial charge in [0.05, 0.1) is 16.7 Å². The van der Waals surface area contributed by atoms with Gasteiger partial charge < -0.3 is 5.73 Å². The maximum atomic E-state index is 14.0. The fourth-order valence-electron chi connectivity index (χ4n) is 2.16. The molecule has 0 aliphatic heterocycles. The van der Waals surface area contributed by atoms with E-state index in [1.807, 2.05) is 24.3 Å². The molecule has 1 unspecified atom stereocenters. The van der Waals surface area contributed by atoms with Crippen molar-refractivity contribution in [3.05, 3.63) is 50.7 Å². The highest BCUT2D eigenvalue weighted by atomic mass is 35.5. The van der Waals surface area contributed by atoms with Gasteiger partial charge in [0.25, 0.3) is 0 Å². The molecule has 1 aromatic heterocycles. The van der Waals surface area contributed by atoms with Crippen LogP contribution in [-0.2, 0) is 6.54 Å². The van der Waals surface area contributed by atoms with Crippen molar-refractivity contribution < 1.29 is 4.39 Å². The van der Waals surface area contributed by atoms with E-state index in [1.165, 1.54) is 12.1 Å². The molecule has 0 aliphatic carbocycles. The van der Waals surface area contributed by atoms with Gasteiger partial charge in [0.1, 0.15) is 5.82 Å². The Hall–Kier alpha value is -1.01. The molecule has 1 aromatic carbocycles. The van der Waals surface area contributed by atoms with Gasteiger partial charge in [-0.2, -0.15) is 0 Å². The number of rotatable bonds is 5. The van der Waals surface area contributed by atoms with E-state index in [-0.39, 0.29) is 11.9 Å². The fourth-order valence-corrected chi connectivity index (χ4v) is 2.95. The summed E-state index contributed by atoms with van der Waals surface area (Å²) in [5, 5.41) is 3.54. The summed E-state index contributed by atoms with van der Waals surface area (Å²) in [6.07, 6.45) is 0. The molecule has 20 heavy (non-hydrogen) atoms. The molecular formula is C14H17ClFN3S. The van der Waals surface area contributed by atoms with Gasteiger partial charge in [-0.05, 0) is 32.2 Å². The lowest BCUT2D eigenvalue weighted by atomic mass is 10.0. The van der Waals surface area contributed by atoms with E-state index in [9.17, 15) is 4.39 Å². The van der Waals surface area contributed by atoms with Crippen LogP contribution < -0.4 is 5.73 Å². The molecule has 0 radical (unpaired) electrons. The number of aromatic nitrogens is 1. The lowest BCUT2D eigenvalue weighted by molar-refractivity contribution is 0.234. The summed E-state index contributed by atoms with van der Waals surface area (Å²) in [6, 6.07) is 4.33. The lowest BCUT2D eigenvalue weighted by Gasteiger charge is -2.27. The lowest BCUT2D eigenvalue weighted by Crippen LogP contribution is -2.31. The molecule has 2 N–H and O–H groups in total. The molecule has 1 atom stereocenters. The van der Waals surface area contributed by atoms with E-state index in [0.29, 0.717) is 23.7 Å². The summed E-state index contributed by atoms with van der Waals surface area (Å²) in [4.78, 5) is 6.41. The SMILES string of the molecule is Cc1nc(CN(C)C(CN)c2cc(Cl)ccc2F)cs1. The summed E-state index contributed by atoms with van der Waals surface area (Å²) in [5.74, 6) is -0.286. The number of likely N-dealkylation sites (N-methyl/N-ethyl adjacent to an activating group) is 1. The zero-order valence-corrected chi connectivity index (χ0v) is 13.0. The average Bonchev–Trinajstić information content (AvgIpc) is 2.80. The van der Waals surface area contributed by atoms with Crippen LogP contribution in [-0.4, -0.2) is 23.5 Å². The molecule has 0 bridgehead atoms. The fraction of sp³-hybridized carbons (Fsp3) is 0.357. The highest BCUT2D eigenvalue weighted by Gasteiger charge is 2.20. The molecule has 0 fully saturated rings. The smallest absolute Gasteiger partial charge is 0.128 e. The molecule has 0 saturated heterocycles. The second kappa shape index (κ2) is 6.63. The Morgan fingerprint density at radius 2 is 2.25 bits per heavy atom. The summed E-state index contributed by atoms with van der Waals surface area (Å²) < 4.78 is 14.0. The Kier molecular flexibility index (Phi) is 5.10. The van der Waals surface area contributed by atoms with Crippen LogP contribution >= 0.6 is 22.9 Å². The minimum atomic E-state index is -0.286. The number of nitrogens with zero attached hydrogens (tertiary/aromatic N) is 2. The van der Waals surface area contributed by atoms with Gasteiger partial charge in [0.2, 0.25) is 0 Å². The molecule has 6 heteroatoms. The van der Waals surface area contributed by atoms with Gasteiger partial charge in [0.15, 0.2) is 0 Å². The van der Waals surface area contributed by atoms with Gasteiger partial charge in [0, 0.05) is 29.1 Å². The van der Waals surface area contributed by atoms with Crippen molar-refractivity contribution in [1.82, 2.24) is 9.88 Å². The molecule has 3 nitrogen and oxygen atoms in total. The van der Waals surface area contributed by atoms with Crippen LogP contribution in [0.3, 0.4) is 0 Å². The molecule has 0 saturated carbocycles. The molecule has 108 valence electrons. The van der Waals surface area contributed by atoms with Crippen molar-refractivity contribution in [2.45, 2.75) is 19.5 Å². The van der Waals surface area contributed by atoms with Crippen molar-refractivity contribution in [2.75, 3.05) is 13.6 Å². The monoisotopic (exact) mass is 313 g/mol. The third kappa shape index (κ3) is 3.55. The molecule has 0 aliphatic rings. The third-order valence-corrected chi connectivity index (χ3v) is 4.21. The Labute approximate surface area is 127 Å². The minimum Gasteiger partial charge on any atom is -0.329 e. The number of halogens is 2. The van der Waals surface area contributed by atoms with Crippen LogP contribution in [0.1, 0.15) is 22.3 Å². The van der Waals surface area contributed by atoms with Gasteiger partial charge in [-0.3, -0.25) is 4.90 Å². The first kappa shape index (κ1) is 15.4. The summed E-state index contributed by atoms with van der Waals surface area (Å²) in [7, 11) is 1.91. The van der Waals surface area contributed by atoms with E-state index in [0.717, 1.165) is 10.7 Å². The molecule has 0 amide bonds. The number of hydrogen-bond acceptors (Lipinski definition) is 4. The molecule has 1 heterocycles. The van der Waals surface area contributed by atoms with Crippen LogP contribution in [0.15, 0.2) is 23.6 Å². The van der Waals surface area contributed by atoms with E-state index < -0.39 is 0 Å². The van der Waals surface area contributed by atoms with E-state index in [2.05, 4.69) is 4.98 Å². The van der Waals surface area contributed by atoms with Crippen molar-refractivity contribution >= 4 is 22.9 Å². The normalized spacial score (nSPS) is 12.9. The van der Waals surface area contributed by atoms with E-state index in [1.54, 1.807) is 17.4 Å². The molecular weight excluding hydrogens is 297 g/mol. The second-order valence-corrected chi connectivity index (χ2v) is 6.19.